The van der Waals surface area contributed by atoms with Crippen LogP contribution in [0.5, 0.6) is 5.75 Å². The molecule has 2 rings (SSSR count). The van der Waals surface area contributed by atoms with Gasteiger partial charge in [0.25, 0.3) is 5.91 Å². The third kappa shape index (κ3) is 4.22. The van der Waals surface area contributed by atoms with Crippen LogP contribution in [-0.4, -0.2) is 44.0 Å². The van der Waals surface area contributed by atoms with Crippen molar-refractivity contribution in [3.05, 3.63) is 29.3 Å². The molecule has 21 heavy (non-hydrogen) atoms. The second-order valence-electron chi connectivity index (χ2n) is 4.74. The smallest absolute Gasteiger partial charge is 0.251 e. The highest BCUT2D eigenvalue weighted by molar-refractivity contribution is 5.95. The number of aliphatic hydroxyl groups excluding tert-OH is 1. The number of amides is 1. The van der Waals surface area contributed by atoms with E-state index < -0.39 is 0 Å². The van der Waals surface area contributed by atoms with Crippen LogP contribution in [0.25, 0.3) is 0 Å². The molecule has 1 aliphatic rings. The highest BCUT2D eigenvalue weighted by Gasteiger charge is 2.17. The van der Waals surface area contributed by atoms with Crippen molar-refractivity contribution in [1.82, 2.24) is 5.32 Å². The van der Waals surface area contributed by atoms with Crippen molar-refractivity contribution >= 4 is 5.91 Å². The molecular formula is C16H19NO4. The standard InChI is InChI=1S/C16H19NO4/c1-20-15-5-4-13(11-12(15)3-2-8-18)16(19)17-14-6-9-21-10-7-14/h4-5,11,14,18H,6-10H2,1H3,(H,17,19). The van der Waals surface area contributed by atoms with Crippen LogP contribution in [0.15, 0.2) is 18.2 Å². The average Bonchev–Trinajstić information content (AvgIpc) is 2.53. The van der Waals surface area contributed by atoms with Gasteiger partial charge in [0.05, 0.1) is 12.7 Å². The minimum absolute atomic E-state index is 0.128. The minimum atomic E-state index is -0.234. The highest BCUT2D eigenvalue weighted by atomic mass is 16.5. The number of methoxy groups -OCH3 is 1. The lowest BCUT2D eigenvalue weighted by molar-refractivity contribution is 0.0696. The first-order valence-electron chi connectivity index (χ1n) is 6.91. The maximum Gasteiger partial charge on any atom is 0.251 e. The Morgan fingerprint density at radius 1 is 1.48 bits per heavy atom. The molecule has 0 aliphatic carbocycles. The molecule has 1 fully saturated rings. The summed E-state index contributed by atoms with van der Waals surface area (Å²) in [5.74, 6) is 5.81. The number of benzene rings is 1. The van der Waals surface area contributed by atoms with E-state index in [-0.39, 0.29) is 18.6 Å². The molecule has 1 heterocycles. The third-order valence-electron chi connectivity index (χ3n) is 3.32. The summed E-state index contributed by atoms with van der Waals surface area (Å²) in [5.41, 5.74) is 1.12. The van der Waals surface area contributed by atoms with Crippen LogP contribution < -0.4 is 10.1 Å². The van der Waals surface area contributed by atoms with Crippen molar-refractivity contribution < 1.29 is 19.4 Å². The molecule has 1 amide bonds. The maximum atomic E-state index is 12.2. The van der Waals surface area contributed by atoms with Gasteiger partial charge >= 0.3 is 0 Å². The summed E-state index contributed by atoms with van der Waals surface area (Å²) in [6.45, 7) is 1.13. The van der Waals surface area contributed by atoms with Gasteiger partial charge in [-0.1, -0.05) is 11.8 Å². The Bertz CT molecular complexity index is 553. The molecule has 0 spiro atoms. The molecule has 1 aromatic carbocycles. The minimum Gasteiger partial charge on any atom is -0.495 e. The maximum absolute atomic E-state index is 12.2. The van der Waals surface area contributed by atoms with E-state index in [0.29, 0.717) is 30.1 Å². The SMILES string of the molecule is COc1ccc(C(=O)NC2CCOCC2)cc1C#CCO. The number of ether oxygens (including phenoxy) is 2. The van der Waals surface area contributed by atoms with Crippen molar-refractivity contribution in [3.8, 4) is 17.6 Å². The molecule has 0 bridgehead atoms. The number of carbonyl (C=O) groups is 1. The Balaban J connectivity index is 2.13. The second-order valence-corrected chi connectivity index (χ2v) is 4.74. The molecule has 1 saturated heterocycles. The van der Waals surface area contributed by atoms with Gasteiger partial charge in [-0.3, -0.25) is 4.79 Å². The molecule has 1 aromatic rings. The van der Waals surface area contributed by atoms with Crippen molar-refractivity contribution in [2.75, 3.05) is 26.9 Å². The Kier molecular flexibility index (Phi) is 5.61. The predicted octanol–water partition coefficient (Wildman–Crippen LogP) is 0.948. The first-order chi connectivity index (χ1) is 10.2. The van der Waals surface area contributed by atoms with Gasteiger partial charge in [-0.2, -0.15) is 0 Å². The Hall–Kier alpha value is -2.03. The fraction of sp³-hybridized carbons (Fsp3) is 0.438. The molecule has 0 unspecified atom stereocenters. The molecular weight excluding hydrogens is 270 g/mol. The molecule has 2 N–H and O–H groups in total. The van der Waals surface area contributed by atoms with Crippen molar-refractivity contribution in [3.63, 3.8) is 0 Å². The van der Waals surface area contributed by atoms with Crippen molar-refractivity contribution in [2.24, 2.45) is 0 Å². The largest absolute Gasteiger partial charge is 0.495 e. The molecule has 112 valence electrons. The van der Waals surface area contributed by atoms with Gasteiger partial charge in [-0.25, -0.2) is 0 Å². The van der Waals surface area contributed by atoms with Crippen LogP contribution in [0.1, 0.15) is 28.8 Å². The zero-order valence-corrected chi connectivity index (χ0v) is 12.0. The summed E-state index contributed by atoms with van der Waals surface area (Å²) in [5, 5.41) is 11.8. The highest BCUT2D eigenvalue weighted by Crippen LogP contribution is 2.19. The van der Waals surface area contributed by atoms with Gasteiger partial charge < -0.3 is 19.9 Å². The zero-order chi connectivity index (χ0) is 15.1. The first kappa shape index (κ1) is 15.4. The van der Waals surface area contributed by atoms with Gasteiger partial charge in [0.2, 0.25) is 0 Å². The lowest BCUT2D eigenvalue weighted by atomic mass is 10.1. The number of carbonyl (C=O) groups excluding carboxylic acids is 1. The number of hydrogen-bond acceptors (Lipinski definition) is 4. The molecule has 0 aromatic heterocycles. The second kappa shape index (κ2) is 7.67. The van der Waals surface area contributed by atoms with Crippen LogP contribution in [0.4, 0.5) is 0 Å². The first-order valence-corrected chi connectivity index (χ1v) is 6.91. The number of rotatable bonds is 3. The average molecular weight is 289 g/mol. The normalized spacial score (nSPS) is 15.0. The van der Waals surface area contributed by atoms with E-state index in [9.17, 15) is 4.79 Å². The molecule has 1 aliphatic heterocycles. The predicted molar refractivity (Wildman–Crippen MR) is 78.3 cm³/mol. The molecule has 0 radical (unpaired) electrons. The van der Waals surface area contributed by atoms with Gasteiger partial charge in [0.1, 0.15) is 12.4 Å². The van der Waals surface area contributed by atoms with Gasteiger partial charge in [-0.15, -0.1) is 0 Å². The summed E-state index contributed by atoms with van der Waals surface area (Å²) >= 11 is 0. The van der Waals surface area contributed by atoms with Gasteiger partial charge in [0.15, 0.2) is 0 Å². The van der Waals surface area contributed by atoms with Gasteiger partial charge in [0, 0.05) is 24.8 Å². The van der Waals surface area contributed by atoms with E-state index in [1.165, 1.54) is 0 Å². The molecule has 0 atom stereocenters. The monoisotopic (exact) mass is 289 g/mol. The van der Waals surface area contributed by atoms with Crippen LogP contribution >= 0.6 is 0 Å². The van der Waals surface area contributed by atoms with Crippen LogP contribution in [0.2, 0.25) is 0 Å². The third-order valence-corrected chi connectivity index (χ3v) is 3.32. The lowest BCUT2D eigenvalue weighted by Gasteiger charge is -2.23. The summed E-state index contributed by atoms with van der Waals surface area (Å²) in [4.78, 5) is 12.2. The molecule has 5 heteroatoms. The van der Waals surface area contributed by atoms with Crippen LogP contribution in [-0.2, 0) is 4.74 Å². The summed E-state index contributed by atoms with van der Waals surface area (Å²) in [6.07, 6.45) is 1.66. The van der Waals surface area contributed by atoms with Gasteiger partial charge in [-0.05, 0) is 31.0 Å². The molecule has 0 saturated carbocycles. The van der Waals surface area contributed by atoms with Crippen LogP contribution in [0.3, 0.4) is 0 Å². The Labute approximate surface area is 124 Å². The fourth-order valence-corrected chi connectivity index (χ4v) is 2.19. The summed E-state index contributed by atoms with van der Waals surface area (Å²) < 4.78 is 10.5. The number of nitrogens with one attached hydrogen (secondary N) is 1. The zero-order valence-electron chi connectivity index (χ0n) is 12.0. The van der Waals surface area contributed by atoms with E-state index >= 15 is 0 Å². The Morgan fingerprint density at radius 2 is 2.24 bits per heavy atom. The molecule has 5 nitrogen and oxygen atoms in total. The van der Waals surface area contributed by atoms with E-state index in [1.807, 2.05) is 0 Å². The Morgan fingerprint density at radius 3 is 2.90 bits per heavy atom. The quantitative estimate of drug-likeness (QED) is 0.813. The van der Waals surface area contributed by atoms with E-state index in [4.69, 9.17) is 14.6 Å². The number of hydrogen-bond donors (Lipinski definition) is 2. The lowest BCUT2D eigenvalue weighted by Crippen LogP contribution is -2.38. The van der Waals surface area contributed by atoms with Crippen molar-refractivity contribution in [1.29, 1.82) is 0 Å². The van der Waals surface area contributed by atoms with E-state index in [1.54, 1.807) is 25.3 Å². The van der Waals surface area contributed by atoms with E-state index in [2.05, 4.69) is 17.2 Å². The van der Waals surface area contributed by atoms with Crippen LogP contribution in [0, 0.1) is 11.8 Å². The number of aliphatic hydroxyl groups is 1. The topological polar surface area (TPSA) is 67.8 Å². The fourth-order valence-electron chi connectivity index (χ4n) is 2.19. The summed E-state index contributed by atoms with van der Waals surface area (Å²) in [7, 11) is 1.54. The van der Waals surface area contributed by atoms with E-state index in [0.717, 1.165) is 12.8 Å². The summed E-state index contributed by atoms with van der Waals surface area (Å²) in [6, 6.07) is 5.24. The van der Waals surface area contributed by atoms with Crippen molar-refractivity contribution in [2.45, 2.75) is 18.9 Å².